The molecule has 6 nitrogen and oxygen atoms in total. The van der Waals surface area contributed by atoms with Crippen molar-refractivity contribution in [2.45, 2.75) is 26.3 Å². The van der Waals surface area contributed by atoms with E-state index < -0.39 is 6.04 Å². The second kappa shape index (κ2) is 8.16. The van der Waals surface area contributed by atoms with Crippen LogP contribution < -0.4 is 10.9 Å². The minimum Gasteiger partial charge on any atom is -0.356 e. The summed E-state index contributed by atoms with van der Waals surface area (Å²) in [5, 5.41) is 4.37. The Bertz CT molecular complexity index is 1210. The first-order valence-electron chi connectivity index (χ1n) is 9.66. The van der Waals surface area contributed by atoms with Gasteiger partial charge in [-0.15, -0.1) is 11.3 Å². The molecule has 4 rings (SSSR count). The Morgan fingerprint density at radius 2 is 2.03 bits per heavy atom. The molecule has 8 heteroatoms. The molecule has 1 aliphatic heterocycles. The van der Waals surface area contributed by atoms with Crippen molar-refractivity contribution in [2.75, 3.05) is 6.54 Å². The number of fused-ring (bicyclic) bond motifs is 3. The maximum Gasteiger partial charge on any atom is 0.250 e. The van der Waals surface area contributed by atoms with Crippen molar-refractivity contribution >= 4 is 34.6 Å². The zero-order valence-corrected chi connectivity index (χ0v) is 18.5. The minimum atomic E-state index is -0.493. The van der Waals surface area contributed by atoms with Crippen molar-refractivity contribution in [3.63, 3.8) is 0 Å². The fraction of sp³-hybridized carbons (Fsp3) is 0.273. The summed E-state index contributed by atoms with van der Waals surface area (Å²) in [6.07, 6.45) is 1.97. The van der Waals surface area contributed by atoms with Crippen molar-refractivity contribution in [2.24, 2.45) is 12.0 Å². The average Bonchev–Trinajstić information content (AvgIpc) is 3.04. The Hall–Kier alpha value is -2.77. The predicted octanol–water partition coefficient (Wildman–Crippen LogP) is 3.89. The molecule has 0 spiro atoms. The molecule has 1 N–H and O–H groups in total. The lowest BCUT2D eigenvalue weighted by molar-refractivity contribution is -0.121. The molecule has 1 amide bonds. The van der Waals surface area contributed by atoms with Gasteiger partial charge in [0.1, 0.15) is 5.69 Å². The van der Waals surface area contributed by atoms with Gasteiger partial charge in [-0.3, -0.25) is 14.6 Å². The van der Waals surface area contributed by atoms with Crippen LogP contribution in [0.4, 0.5) is 0 Å². The highest BCUT2D eigenvalue weighted by molar-refractivity contribution is 7.15. The van der Waals surface area contributed by atoms with Gasteiger partial charge in [0.2, 0.25) is 5.91 Å². The number of hydrogen-bond donors (Lipinski definition) is 1. The van der Waals surface area contributed by atoms with Crippen LogP contribution in [0.1, 0.15) is 41.2 Å². The van der Waals surface area contributed by atoms with Crippen LogP contribution in [-0.2, 0) is 11.8 Å². The zero-order chi connectivity index (χ0) is 21.4. The summed E-state index contributed by atoms with van der Waals surface area (Å²) in [5.41, 5.74) is 3.83. The number of nitrogens with zero attached hydrogens (tertiary/aromatic N) is 3. The van der Waals surface area contributed by atoms with E-state index >= 15 is 0 Å². The Kier molecular flexibility index (Phi) is 5.58. The van der Waals surface area contributed by atoms with Gasteiger partial charge in [0.05, 0.1) is 28.1 Å². The van der Waals surface area contributed by atoms with E-state index in [0.29, 0.717) is 17.3 Å². The lowest BCUT2D eigenvalue weighted by atomic mass is 9.99. The van der Waals surface area contributed by atoms with Gasteiger partial charge in [-0.2, -0.15) is 0 Å². The predicted molar refractivity (Wildman–Crippen MR) is 121 cm³/mol. The molecule has 3 aromatic rings. The third-order valence-electron chi connectivity index (χ3n) is 4.98. The molecule has 30 heavy (non-hydrogen) atoms. The number of aliphatic imine (C=N–C) groups is 1. The first kappa shape index (κ1) is 20.5. The number of thiazole rings is 1. The van der Waals surface area contributed by atoms with Gasteiger partial charge in [0.15, 0.2) is 0 Å². The molecule has 1 atom stereocenters. The number of halogens is 1. The van der Waals surface area contributed by atoms with E-state index in [0.717, 1.165) is 32.3 Å². The first-order chi connectivity index (χ1) is 14.4. The standard InChI is InChI=1S/C22H21ClN4O2S/c1-4-24-18(28)10-17-15-9-19(29)27(3)11-16(15)22-21(25-12(2)30-22)20(26-17)13-5-7-14(23)8-6-13/h5-9,11,17H,4,10H2,1-3H3,(H,24,28)/t17-/m0/s1. The minimum absolute atomic E-state index is 0.109. The van der Waals surface area contributed by atoms with Crippen molar-refractivity contribution in [3.05, 3.63) is 73.7 Å². The Balaban J connectivity index is 1.98. The lowest BCUT2D eigenvalue weighted by Crippen LogP contribution is -2.25. The van der Waals surface area contributed by atoms with Crippen LogP contribution in [0.5, 0.6) is 0 Å². The van der Waals surface area contributed by atoms with Crippen LogP contribution in [0.15, 0.2) is 46.3 Å². The number of carbonyl (C=O) groups excluding carboxylic acids is 1. The second-order valence-electron chi connectivity index (χ2n) is 7.16. The highest BCUT2D eigenvalue weighted by atomic mass is 35.5. The van der Waals surface area contributed by atoms with Gasteiger partial charge in [-0.05, 0) is 31.5 Å². The highest BCUT2D eigenvalue weighted by Crippen LogP contribution is 2.41. The molecular weight excluding hydrogens is 420 g/mol. The molecule has 0 radical (unpaired) electrons. The number of pyridine rings is 1. The zero-order valence-electron chi connectivity index (χ0n) is 16.9. The quantitative estimate of drug-likeness (QED) is 0.668. The summed E-state index contributed by atoms with van der Waals surface area (Å²) < 4.78 is 1.55. The van der Waals surface area contributed by atoms with E-state index in [1.54, 1.807) is 29.0 Å². The van der Waals surface area contributed by atoms with E-state index in [1.807, 2.05) is 44.3 Å². The normalized spacial score (nSPS) is 15.1. The topological polar surface area (TPSA) is 76.3 Å². The summed E-state index contributed by atoms with van der Waals surface area (Å²) in [6.45, 7) is 4.37. The van der Waals surface area contributed by atoms with Crippen molar-refractivity contribution in [1.29, 1.82) is 0 Å². The van der Waals surface area contributed by atoms with Crippen LogP contribution >= 0.6 is 22.9 Å². The third kappa shape index (κ3) is 3.82. The molecule has 3 heterocycles. The van der Waals surface area contributed by atoms with Crippen LogP contribution in [0.3, 0.4) is 0 Å². The van der Waals surface area contributed by atoms with E-state index in [1.165, 1.54) is 0 Å². The Morgan fingerprint density at radius 3 is 2.73 bits per heavy atom. The molecule has 0 unspecified atom stereocenters. The number of carbonyl (C=O) groups is 1. The number of nitrogens with one attached hydrogen (secondary N) is 1. The third-order valence-corrected chi connectivity index (χ3v) is 6.23. The van der Waals surface area contributed by atoms with Gasteiger partial charge in [0.25, 0.3) is 5.56 Å². The molecule has 0 aliphatic carbocycles. The molecular formula is C22H21ClN4O2S. The van der Waals surface area contributed by atoms with Crippen molar-refractivity contribution in [1.82, 2.24) is 14.9 Å². The monoisotopic (exact) mass is 440 g/mol. The molecule has 0 bridgehead atoms. The van der Waals surface area contributed by atoms with Crippen molar-refractivity contribution in [3.8, 4) is 10.4 Å². The number of hydrogen-bond acceptors (Lipinski definition) is 5. The van der Waals surface area contributed by atoms with E-state index in [2.05, 4.69) is 5.32 Å². The van der Waals surface area contributed by atoms with Crippen molar-refractivity contribution < 1.29 is 4.79 Å². The molecule has 0 saturated carbocycles. The number of amides is 1. The fourth-order valence-corrected chi connectivity index (χ4v) is 4.66. The van der Waals surface area contributed by atoms with E-state index in [-0.39, 0.29) is 17.9 Å². The molecule has 1 aliphatic rings. The SMILES string of the molecule is CCNC(=O)C[C@@H]1N=C(c2ccc(Cl)cc2)c2nc(C)sc2-c2cn(C)c(=O)cc21. The molecule has 0 fully saturated rings. The molecule has 2 aromatic heterocycles. The number of benzene rings is 1. The van der Waals surface area contributed by atoms with E-state index in [4.69, 9.17) is 21.6 Å². The van der Waals surface area contributed by atoms with Gasteiger partial charge < -0.3 is 9.88 Å². The number of aryl methyl sites for hydroxylation is 2. The smallest absolute Gasteiger partial charge is 0.250 e. The summed E-state index contributed by atoms with van der Waals surface area (Å²) in [6, 6.07) is 8.52. The average molecular weight is 441 g/mol. The van der Waals surface area contributed by atoms with Gasteiger partial charge in [-0.1, -0.05) is 23.7 Å². The number of aromatic nitrogens is 2. The number of rotatable bonds is 4. The fourth-order valence-electron chi connectivity index (χ4n) is 3.59. The van der Waals surface area contributed by atoms with Gasteiger partial charge >= 0.3 is 0 Å². The highest BCUT2D eigenvalue weighted by Gasteiger charge is 2.29. The maximum absolute atomic E-state index is 12.5. The van der Waals surface area contributed by atoms with Crippen LogP contribution in [-0.4, -0.2) is 27.7 Å². The van der Waals surface area contributed by atoms with E-state index in [9.17, 15) is 9.59 Å². The lowest BCUT2D eigenvalue weighted by Gasteiger charge is -2.16. The van der Waals surface area contributed by atoms with Gasteiger partial charge in [0, 0.05) is 42.0 Å². The summed E-state index contributed by atoms with van der Waals surface area (Å²) in [4.78, 5) is 35.6. The Labute approximate surface area is 183 Å². The largest absolute Gasteiger partial charge is 0.356 e. The second-order valence-corrected chi connectivity index (χ2v) is 8.80. The molecule has 0 saturated heterocycles. The maximum atomic E-state index is 12.5. The molecule has 1 aromatic carbocycles. The van der Waals surface area contributed by atoms with Crippen LogP contribution in [0.25, 0.3) is 10.4 Å². The van der Waals surface area contributed by atoms with Gasteiger partial charge in [-0.25, -0.2) is 4.98 Å². The molecule has 154 valence electrons. The first-order valence-corrected chi connectivity index (χ1v) is 10.9. The summed E-state index contributed by atoms with van der Waals surface area (Å²) in [5.74, 6) is -0.109. The van der Waals surface area contributed by atoms with Crippen LogP contribution in [0, 0.1) is 6.92 Å². The Morgan fingerprint density at radius 1 is 1.30 bits per heavy atom. The summed E-state index contributed by atoms with van der Waals surface area (Å²) in [7, 11) is 1.72. The van der Waals surface area contributed by atoms with Crippen LogP contribution in [0.2, 0.25) is 5.02 Å². The summed E-state index contributed by atoms with van der Waals surface area (Å²) >= 11 is 7.64.